The molecule has 1 saturated carbocycles. The van der Waals surface area contributed by atoms with E-state index >= 15 is 0 Å². The Balaban J connectivity index is 1.43. The first-order valence-corrected chi connectivity index (χ1v) is 9.97. The van der Waals surface area contributed by atoms with Crippen molar-refractivity contribution in [3.63, 3.8) is 0 Å². The molecule has 132 valence electrons. The van der Waals surface area contributed by atoms with Gasteiger partial charge in [0, 0.05) is 56.8 Å². The van der Waals surface area contributed by atoms with E-state index < -0.39 is 0 Å². The van der Waals surface area contributed by atoms with Crippen molar-refractivity contribution in [2.24, 2.45) is 23.7 Å². The molecule has 5 rings (SSSR count). The summed E-state index contributed by atoms with van der Waals surface area (Å²) in [6.45, 7) is 5.85. The van der Waals surface area contributed by atoms with Crippen LogP contribution in [0.25, 0.3) is 0 Å². The number of rotatable bonds is 2. The summed E-state index contributed by atoms with van der Waals surface area (Å²) in [5, 5.41) is 10.4. The van der Waals surface area contributed by atoms with E-state index in [1.165, 1.54) is 38.3 Å². The van der Waals surface area contributed by atoms with Crippen LogP contribution in [0.15, 0.2) is 23.9 Å². The maximum atomic E-state index is 10.4. The molecule has 0 bridgehead atoms. The first-order valence-electron chi connectivity index (χ1n) is 9.97. The molecule has 24 heavy (non-hydrogen) atoms. The van der Waals surface area contributed by atoms with Gasteiger partial charge in [0.1, 0.15) is 6.23 Å². The van der Waals surface area contributed by atoms with E-state index in [9.17, 15) is 5.11 Å². The van der Waals surface area contributed by atoms with Gasteiger partial charge >= 0.3 is 0 Å². The zero-order valence-electron chi connectivity index (χ0n) is 14.8. The van der Waals surface area contributed by atoms with Crippen LogP contribution in [0.1, 0.15) is 25.7 Å². The van der Waals surface area contributed by atoms with Crippen LogP contribution in [-0.2, 0) is 0 Å². The molecule has 1 N–H and O–H groups in total. The monoisotopic (exact) mass is 329 g/mol. The summed E-state index contributed by atoms with van der Waals surface area (Å²) in [7, 11) is 2.24. The SMILES string of the molecule is CN1CCN(C2CC(N3CCCC3O)=CC3C=C[C@H]4CC4C32)CC1. The van der Waals surface area contributed by atoms with Crippen LogP contribution in [0.4, 0.5) is 0 Å². The number of hydrogen-bond acceptors (Lipinski definition) is 4. The zero-order chi connectivity index (χ0) is 16.3. The molecule has 0 aromatic carbocycles. The van der Waals surface area contributed by atoms with Crippen LogP contribution >= 0.6 is 0 Å². The molecule has 5 unspecified atom stereocenters. The first-order chi connectivity index (χ1) is 11.7. The molecular weight excluding hydrogens is 298 g/mol. The van der Waals surface area contributed by atoms with Crippen LogP contribution < -0.4 is 0 Å². The summed E-state index contributed by atoms with van der Waals surface area (Å²) in [6, 6.07) is 0.677. The fraction of sp³-hybridized carbons (Fsp3) is 0.800. The molecule has 4 heteroatoms. The fourth-order valence-corrected chi connectivity index (χ4v) is 5.76. The number of likely N-dealkylation sites (tertiary alicyclic amines) is 1. The number of hydrogen-bond donors (Lipinski definition) is 1. The second-order valence-corrected chi connectivity index (χ2v) is 8.69. The number of piperazine rings is 1. The minimum Gasteiger partial charge on any atom is -0.374 e. The molecule has 0 spiro atoms. The van der Waals surface area contributed by atoms with Gasteiger partial charge < -0.3 is 14.9 Å². The number of aliphatic hydroxyl groups is 1. The minimum absolute atomic E-state index is 0.248. The van der Waals surface area contributed by atoms with Crippen molar-refractivity contribution in [3.05, 3.63) is 23.9 Å². The van der Waals surface area contributed by atoms with E-state index in [0.29, 0.717) is 12.0 Å². The maximum Gasteiger partial charge on any atom is 0.126 e. The predicted octanol–water partition coefficient (Wildman–Crippen LogP) is 1.74. The molecule has 3 aliphatic carbocycles. The third kappa shape index (κ3) is 2.54. The second kappa shape index (κ2) is 5.86. The summed E-state index contributed by atoms with van der Waals surface area (Å²) in [5.41, 5.74) is 1.42. The van der Waals surface area contributed by atoms with Crippen molar-refractivity contribution in [2.75, 3.05) is 39.8 Å². The fourth-order valence-electron chi connectivity index (χ4n) is 5.76. The third-order valence-electron chi connectivity index (χ3n) is 7.25. The van der Waals surface area contributed by atoms with E-state index in [-0.39, 0.29) is 6.23 Å². The van der Waals surface area contributed by atoms with Crippen LogP contribution in [0, 0.1) is 23.7 Å². The Morgan fingerprint density at radius 2 is 1.92 bits per heavy atom. The lowest BCUT2D eigenvalue weighted by Crippen LogP contribution is -2.54. The summed E-state index contributed by atoms with van der Waals surface area (Å²) in [4.78, 5) is 7.53. The summed E-state index contributed by atoms with van der Waals surface area (Å²) < 4.78 is 0. The van der Waals surface area contributed by atoms with Crippen molar-refractivity contribution >= 4 is 0 Å². The zero-order valence-corrected chi connectivity index (χ0v) is 14.8. The smallest absolute Gasteiger partial charge is 0.126 e. The molecular formula is C20H31N3O. The topological polar surface area (TPSA) is 30.0 Å². The van der Waals surface area contributed by atoms with Gasteiger partial charge in [0.05, 0.1) is 0 Å². The van der Waals surface area contributed by atoms with E-state index in [2.05, 4.69) is 40.0 Å². The first kappa shape index (κ1) is 15.4. The predicted molar refractivity (Wildman–Crippen MR) is 95.2 cm³/mol. The number of nitrogens with zero attached hydrogens (tertiary/aromatic N) is 3. The molecule has 2 aliphatic heterocycles. The highest BCUT2D eigenvalue weighted by molar-refractivity contribution is 5.26. The van der Waals surface area contributed by atoms with E-state index in [4.69, 9.17) is 0 Å². The molecule has 0 amide bonds. The average Bonchev–Trinajstić information content (AvgIpc) is 3.27. The van der Waals surface area contributed by atoms with Crippen molar-refractivity contribution in [2.45, 2.75) is 38.0 Å². The number of aliphatic hydroxyl groups excluding tert-OH is 1. The molecule has 5 aliphatic rings. The molecule has 4 nitrogen and oxygen atoms in total. The van der Waals surface area contributed by atoms with Crippen LogP contribution in [0.2, 0.25) is 0 Å². The highest BCUT2D eigenvalue weighted by Crippen LogP contribution is 2.56. The van der Waals surface area contributed by atoms with E-state index in [1.807, 2.05) is 0 Å². The third-order valence-corrected chi connectivity index (χ3v) is 7.25. The van der Waals surface area contributed by atoms with Gasteiger partial charge in [-0.05, 0) is 44.1 Å². The van der Waals surface area contributed by atoms with Gasteiger partial charge in [-0.1, -0.05) is 18.2 Å². The van der Waals surface area contributed by atoms with Crippen molar-refractivity contribution in [1.82, 2.24) is 14.7 Å². The average molecular weight is 329 g/mol. The van der Waals surface area contributed by atoms with Crippen LogP contribution in [0.3, 0.4) is 0 Å². The number of fused-ring (bicyclic) bond motifs is 3. The normalized spacial score (nSPS) is 45.8. The van der Waals surface area contributed by atoms with Gasteiger partial charge in [0.2, 0.25) is 0 Å². The molecule has 0 aromatic heterocycles. The van der Waals surface area contributed by atoms with Gasteiger partial charge in [-0.3, -0.25) is 4.90 Å². The Labute approximate surface area is 145 Å². The van der Waals surface area contributed by atoms with Gasteiger partial charge in [-0.25, -0.2) is 0 Å². The minimum atomic E-state index is -0.248. The number of likely N-dealkylation sites (N-methyl/N-ethyl adjacent to an activating group) is 1. The molecule has 2 heterocycles. The van der Waals surface area contributed by atoms with Crippen molar-refractivity contribution < 1.29 is 5.11 Å². The lowest BCUT2D eigenvalue weighted by Gasteiger charge is -2.48. The summed E-state index contributed by atoms with van der Waals surface area (Å²) in [6.07, 6.45) is 11.9. The lowest BCUT2D eigenvalue weighted by atomic mass is 9.72. The highest BCUT2D eigenvalue weighted by atomic mass is 16.3. The van der Waals surface area contributed by atoms with Crippen molar-refractivity contribution in [1.29, 1.82) is 0 Å². The second-order valence-electron chi connectivity index (χ2n) is 8.69. The van der Waals surface area contributed by atoms with Crippen molar-refractivity contribution in [3.8, 4) is 0 Å². The van der Waals surface area contributed by atoms with Gasteiger partial charge in [0.15, 0.2) is 0 Å². The Bertz CT molecular complexity index is 551. The number of allylic oxidation sites excluding steroid dienone is 3. The molecule has 0 radical (unpaired) electrons. The van der Waals surface area contributed by atoms with Gasteiger partial charge in [-0.2, -0.15) is 0 Å². The summed E-state index contributed by atoms with van der Waals surface area (Å²) in [5.74, 6) is 3.20. The maximum absolute atomic E-state index is 10.4. The molecule has 3 fully saturated rings. The summed E-state index contributed by atoms with van der Waals surface area (Å²) >= 11 is 0. The van der Waals surface area contributed by atoms with Crippen LogP contribution in [0.5, 0.6) is 0 Å². The van der Waals surface area contributed by atoms with E-state index in [1.54, 1.807) is 0 Å². The molecule has 2 saturated heterocycles. The molecule has 0 aromatic rings. The van der Waals surface area contributed by atoms with Gasteiger partial charge in [-0.15, -0.1) is 0 Å². The van der Waals surface area contributed by atoms with E-state index in [0.717, 1.165) is 43.6 Å². The Hall–Kier alpha value is -0.840. The van der Waals surface area contributed by atoms with Gasteiger partial charge in [0.25, 0.3) is 0 Å². The standard InChI is InChI=1S/C20H31N3O/c1-21-7-9-22(10-8-21)18-13-16(23-6-2-3-19(23)24)11-15-5-4-14-12-17(14)20(15)18/h4-5,11,14-15,17-20,24H,2-3,6-10,12-13H2,1H3/t14-,15?,17?,18?,19?,20?/m0/s1. The Kier molecular flexibility index (Phi) is 3.76. The Morgan fingerprint density at radius 1 is 1.08 bits per heavy atom. The van der Waals surface area contributed by atoms with Crippen LogP contribution in [-0.4, -0.2) is 71.8 Å². The quantitative estimate of drug-likeness (QED) is 0.782. The highest BCUT2D eigenvalue weighted by Gasteiger charge is 2.52. The Morgan fingerprint density at radius 3 is 2.67 bits per heavy atom. The largest absolute Gasteiger partial charge is 0.374 e. The molecule has 6 atom stereocenters. The lowest BCUT2D eigenvalue weighted by molar-refractivity contribution is 0.0277.